The Morgan fingerprint density at radius 1 is 0.750 bits per heavy atom. The summed E-state index contributed by atoms with van der Waals surface area (Å²) in [7, 11) is 4.60. The largest absolute Gasteiger partial charge is 0.493 e. The monoisotopic (exact) mass is 495 g/mol. The molecule has 2 aliphatic heterocycles. The number of fused-ring (bicyclic) bond motifs is 1. The van der Waals surface area contributed by atoms with Crippen LogP contribution in [0.15, 0.2) is 36.4 Å². The van der Waals surface area contributed by atoms with Crippen LogP contribution in [0.5, 0.6) is 11.5 Å². The molecule has 190 valence electrons. The van der Waals surface area contributed by atoms with Crippen molar-refractivity contribution in [3.63, 3.8) is 0 Å². The number of piperazine rings is 1. The Morgan fingerprint density at radius 3 is 1.89 bits per heavy atom. The van der Waals surface area contributed by atoms with E-state index in [0.29, 0.717) is 67.4 Å². The van der Waals surface area contributed by atoms with Gasteiger partial charge in [0.2, 0.25) is 0 Å². The van der Waals surface area contributed by atoms with Gasteiger partial charge in [-0.15, -0.1) is 0 Å². The van der Waals surface area contributed by atoms with E-state index in [1.165, 1.54) is 31.3 Å². The number of benzene rings is 2. The van der Waals surface area contributed by atoms with Gasteiger partial charge >= 0.3 is 0 Å². The number of hydrogen-bond acceptors (Lipinski definition) is 7. The molecule has 0 radical (unpaired) electrons. The Bertz CT molecular complexity index is 1190. The van der Waals surface area contributed by atoms with Gasteiger partial charge in [0, 0.05) is 57.6 Å². The van der Waals surface area contributed by atoms with Crippen molar-refractivity contribution in [1.29, 1.82) is 0 Å². The molecule has 0 atom stereocenters. The molecule has 4 rings (SSSR count). The van der Waals surface area contributed by atoms with Crippen molar-refractivity contribution in [2.75, 3.05) is 60.7 Å². The minimum absolute atomic E-state index is 0.154. The van der Waals surface area contributed by atoms with Crippen LogP contribution in [0.3, 0.4) is 0 Å². The Morgan fingerprint density at radius 2 is 1.31 bits per heavy atom. The van der Waals surface area contributed by atoms with Gasteiger partial charge < -0.3 is 24.0 Å². The van der Waals surface area contributed by atoms with Gasteiger partial charge in [-0.3, -0.25) is 24.1 Å². The molecule has 0 aliphatic carbocycles. The Labute approximate surface area is 209 Å². The van der Waals surface area contributed by atoms with E-state index in [1.54, 1.807) is 41.2 Å². The molecule has 0 unspecified atom stereocenters. The molecule has 0 N–H and O–H groups in total. The summed E-state index contributed by atoms with van der Waals surface area (Å²) in [6.45, 7) is 2.15. The summed E-state index contributed by atoms with van der Waals surface area (Å²) in [5, 5.41) is 0. The van der Waals surface area contributed by atoms with Gasteiger partial charge in [-0.05, 0) is 42.8 Å². The number of nitrogens with zero attached hydrogens (tertiary/aromatic N) is 3. The van der Waals surface area contributed by atoms with Crippen molar-refractivity contribution in [3.8, 4) is 11.5 Å². The smallest absolute Gasteiger partial charge is 0.261 e. The van der Waals surface area contributed by atoms with E-state index >= 15 is 0 Å². The highest BCUT2D eigenvalue weighted by molar-refractivity contribution is 6.22. The van der Waals surface area contributed by atoms with Crippen LogP contribution in [-0.2, 0) is 4.74 Å². The minimum Gasteiger partial charge on any atom is -0.493 e. The van der Waals surface area contributed by atoms with Crippen molar-refractivity contribution < 1.29 is 33.4 Å². The minimum atomic E-state index is -0.397. The third-order valence-corrected chi connectivity index (χ3v) is 6.43. The van der Waals surface area contributed by atoms with E-state index in [9.17, 15) is 19.2 Å². The molecular formula is C26H29N3O7. The molecule has 2 aromatic rings. The van der Waals surface area contributed by atoms with Crippen molar-refractivity contribution >= 4 is 23.6 Å². The van der Waals surface area contributed by atoms with E-state index in [1.807, 2.05) is 0 Å². The number of amides is 4. The average molecular weight is 496 g/mol. The zero-order valence-electron chi connectivity index (χ0n) is 20.6. The summed E-state index contributed by atoms with van der Waals surface area (Å²) in [6.07, 6.45) is 0.542. The van der Waals surface area contributed by atoms with Crippen LogP contribution in [0, 0.1) is 0 Å². The maximum absolute atomic E-state index is 13.1. The predicted molar refractivity (Wildman–Crippen MR) is 130 cm³/mol. The standard InChI is InChI=1S/C26H29N3O7/c1-34-14-4-9-29-25(32)19-7-5-17(15-20(19)26(29)33)23(30)27-10-12-28(13-11-27)24(31)18-6-8-21(35-2)22(16-18)36-3/h5-8,15-16H,4,9-14H2,1-3H3. The van der Waals surface area contributed by atoms with Crippen LogP contribution < -0.4 is 9.47 Å². The maximum Gasteiger partial charge on any atom is 0.261 e. The number of carbonyl (C=O) groups is 4. The Hall–Kier alpha value is -3.92. The number of hydrogen-bond donors (Lipinski definition) is 0. The highest BCUT2D eigenvalue weighted by Gasteiger charge is 2.36. The van der Waals surface area contributed by atoms with Crippen LogP contribution in [0.25, 0.3) is 0 Å². The lowest BCUT2D eigenvalue weighted by molar-refractivity contribution is 0.0535. The topological polar surface area (TPSA) is 106 Å². The van der Waals surface area contributed by atoms with Crippen LogP contribution in [-0.4, -0.2) is 99.0 Å². The fraction of sp³-hybridized carbons (Fsp3) is 0.385. The quantitative estimate of drug-likeness (QED) is 0.407. The molecule has 10 nitrogen and oxygen atoms in total. The highest BCUT2D eigenvalue weighted by atomic mass is 16.5. The molecule has 36 heavy (non-hydrogen) atoms. The van der Waals surface area contributed by atoms with Crippen LogP contribution in [0.4, 0.5) is 0 Å². The van der Waals surface area contributed by atoms with Gasteiger partial charge in [-0.2, -0.15) is 0 Å². The van der Waals surface area contributed by atoms with Crippen molar-refractivity contribution in [2.24, 2.45) is 0 Å². The lowest BCUT2D eigenvalue weighted by Crippen LogP contribution is -2.50. The third kappa shape index (κ3) is 4.76. The lowest BCUT2D eigenvalue weighted by Gasteiger charge is -2.35. The number of ether oxygens (including phenoxy) is 3. The molecule has 2 aliphatic rings. The SMILES string of the molecule is COCCCN1C(=O)c2ccc(C(=O)N3CCN(C(=O)c4ccc(OC)c(OC)c4)CC3)cc2C1=O. The van der Waals surface area contributed by atoms with Gasteiger partial charge in [0.15, 0.2) is 11.5 Å². The summed E-state index contributed by atoms with van der Waals surface area (Å²) in [5.41, 5.74) is 1.36. The Kier molecular flexibility index (Phi) is 7.54. The lowest BCUT2D eigenvalue weighted by atomic mass is 10.0. The zero-order valence-corrected chi connectivity index (χ0v) is 20.6. The molecule has 0 bridgehead atoms. The van der Waals surface area contributed by atoms with E-state index < -0.39 is 5.91 Å². The van der Waals surface area contributed by atoms with Gasteiger partial charge in [0.05, 0.1) is 25.3 Å². The molecule has 4 amide bonds. The molecule has 10 heteroatoms. The van der Waals surface area contributed by atoms with E-state index in [-0.39, 0.29) is 29.8 Å². The number of rotatable bonds is 8. The first-order valence-corrected chi connectivity index (χ1v) is 11.7. The number of carbonyl (C=O) groups excluding carboxylic acids is 4. The van der Waals surface area contributed by atoms with Crippen LogP contribution >= 0.6 is 0 Å². The van der Waals surface area contributed by atoms with E-state index in [4.69, 9.17) is 14.2 Å². The molecule has 0 saturated carbocycles. The van der Waals surface area contributed by atoms with Crippen LogP contribution in [0.1, 0.15) is 47.9 Å². The molecule has 2 heterocycles. The molecule has 1 saturated heterocycles. The molecular weight excluding hydrogens is 466 g/mol. The second kappa shape index (κ2) is 10.8. The molecule has 1 fully saturated rings. The second-order valence-corrected chi connectivity index (χ2v) is 8.52. The van der Waals surface area contributed by atoms with Gasteiger partial charge in [-0.1, -0.05) is 0 Å². The molecule has 0 spiro atoms. The van der Waals surface area contributed by atoms with E-state index in [2.05, 4.69) is 0 Å². The first-order valence-electron chi connectivity index (χ1n) is 11.7. The number of imide groups is 1. The summed E-state index contributed by atoms with van der Waals surface area (Å²) in [6, 6.07) is 9.62. The van der Waals surface area contributed by atoms with Crippen molar-refractivity contribution in [3.05, 3.63) is 58.7 Å². The maximum atomic E-state index is 13.1. The first kappa shape index (κ1) is 25.2. The number of methoxy groups -OCH3 is 3. The molecule has 2 aromatic carbocycles. The second-order valence-electron chi connectivity index (χ2n) is 8.52. The van der Waals surface area contributed by atoms with Crippen LogP contribution in [0.2, 0.25) is 0 Å². The highest BCUT2D eigenvalue weighted by Crippen LogP contribution is 2.28. The Balaban J connectivity index is 1.40. The van der Waals surface area contributed by atoms with Gasteiger partial charge in [0.25, 0.3) is 23.6 Å². The van der Waals surface area contributed by atoms with Gasteiger partial charge in [0.1, 0.15) is 0 Å². The predicted octanol–water partition coefficient (Wildman–Crippen LogP) is 1.93. The van der Waals surface area contributed by atoms with Gasteiger partial charge in [-0.25, -0.2) is 0 Å². The van der Waals surface area contributed by atoms with Crippen molar-refractivity contribution in [1.82, 2.24) is 14.7 Å². The fourth-order valence-electron chi connectivity index (χ4n) is 4.44. The first-order chi connectivity index (χ1) is 17.4. The van der Waals surface area contributed by atoms with Crippen molar-refractivity contribution in [2.45, 2.75) is 6.42 Å². The fourth-order valence-corrected chi connectivity index (χ4v) is 4.44. The summed E-state index contributed by atoms with van der Waals surface area (Å²) >= 11 is 0. The summed E-state index contributed by atoms with van der Waals surface area (Å²) in [4.78, 5) is 56.0. The zero-order chi connectivity index (χ0) is 25.8. The normalized spacial score (nSPS) is 15.2. The van der Waals surface area contributed by atoms with E-state index in [0.717, 1.165) is 0 Å². The summed E-state index contributed by atoms with van der Waals surface area (Å²) < 4.78 is 15.5. The average Bonchev–Trinajstić information content (AvgIpc) is 3.16. The summed E-state index contributed by atoms with van der Waals surface area (Å²) in [5.74, 6) is -0.137. The third-order valence-electron chi connectivity index (χ3n) is 6.43. The molecule has 0 aromatic heterocycles.